The molecule has 1 amide bonds. The van der Waals surface area contributed by atoms with Crippen LogP contribution < -0.4 is 11.1 Å². The number of nitrogens with zero attached hydrogens (tertiary/aromatic N) is 2. The highest BCUT2D eigenvalue weighted by Crippen LogP contribution is 2.18. The Hall–Kier alpha value is -1.66. The fourth-order valence-electron chi connectivity index (χ4n) is 1.07. The SMILES string of the molecule is Nc1cnc(Cl)c(C(=O)Nc2nccs2)c1. The van der Waals surface area contributed by atoms with Crippen LogP contribution in [0.5, 0.6) is 0 Å². The van der Waals surface area contributed by atoms with Crippen LogP contribution in [-0.2, 0) is 0 Å². The number of halogens is 1. The maximum atomic E-state index is 11.8. The first-order valence-electron chi connectivity index (χ1n) is 4.28. The minimum Gasteiger partial charge on any atom is -0.397 e. The molecule has 2 rings (SSSR count). The van der Waals surface area contributed by atoms with Crippen LogP contribution in [0.25, 0.3) is 0 Å². The summed E-state index contributed by atoms with van der Waals surface area (Å²) < 4.78 is 0. The quantitative estimate of drug-likeness (QED) is 0.804. The van der Waals surface area contributed by atoms with Crippen molar-refractivity contribution in [2.45, 2.75) is 0 Å². The molecule has 5 nitrogen and oxygen atoms in total. The summed E-state index contributed by atoms with van der Waals surface area (Å²) in [6.45, 7) is 0. The fourth-order valence-corrected chi connectivity index (χ4v) is 1.79. The number of carbonyl (C=O) groups is 1. The molecule has 2 aromatic rings. The van der Waals surface area contributed by atoms with E-state index in [-0.39, 0.29) is 16.6 Å². The summed E-state index contributed by atoms with van der Waals surface area (Å²) in [5, 5.41) is 4.97. The van der Waals surface area contributed by atoms with Gasteiger partial charge in [0.1, 0.15) is 5.15 Å². The standard InChI is InChI=1S/C9H7ClN4OS/c10-7-6(3-5(11)4-13-7)8(15)14-9-12-1-2-16-9/h1-4H,11H2,(H,12,14,15). The third kappa shape index (κ3) is 2.29. The molecule has 0 aliphatic heterocycles. The van der Waals surface area contributed by atoms with Crippen molar-refractivity contribution >= 4 is 39.7 Å². The number of thiazole rings is 1. The summed E-state index contributed by atoms with van der Waals surface area (Å²) >= 11 is 7.10. The average Bonchev–Trinajstić information content (AvgIpc) is 2.74. The minimum absolute atomic E-state index is 0.114. The number of hydrogen-bond donors (Lipinski definition) is 2. The molecule has 0 saturated heterocycles. The summed E-state index contributed by atoms with van der Waals surface area (Å²) in [5.74, 6) is -0.375. The van der Waals surface area contributed by atoms with Crippen LogP contribution in [0.15, 0.2) is 23.8 Å². The van der Waals surface area contributed by atoms with Gasteiger partial charge in [-0.1, -0.05) is 11.6 Å². The van der Waals surface area contributed by atoms with Crippen molar-refractivity contribution in [1.82, 2.24) is 9.97 Å². The minimum atomic E-state index is -0.375. The van der Waals surface area contributed by atoms with E-state index in [9.17, 15) is 4.79 Å². The van der Waals surface area contributed by atoms with Crippen molar-refractivity contribution in [3.63, 3.8) is 0 Å². The molecule has 0 aliphatic carbocycles. The fraction of sp³-hybridized carbons (Fsp3) is 0. The molecule has 0 radical (unpaired) electrons. The Morgan fingerprint density at radius 3 is 3.00 bits per heavy atom. The monoisotopic (exact) mass is 254 g/mol. The lowest BCUT2D eigenvalue weighted by Gasteiger charge is -2.03. The average molecular weight is 255 g/mol. The molecule has 0 saturated carbocycles. The van der Waals surface area contributed by atoms with Crippen LogP contribution in [0.2, 0.25) is 5.15 Å². The van der Waals surface area contributed by atoms with Crippen molar-refractivity contribution in [3.05, 3.63) is 34.6 Å². The van der Waals surface area contributed by atoms with Gasteiger partial charge in [0, 0.05) is 11.6 Å². The Labute approximate surface area is 100 Å². The van der Waals surface area contributed by atoms with E-state index < -0.39 is 0 Å². The number of aromatic nitrogens is 2. The molecule has 82 valence electrons. The molecule has 0 aromatic carbocycles. The topological polar surface area (TPSA) is 80.9 Å². The second kappa shape index (κ2) is 4.46. The lowest BCUT2D eigenvalue weighted by Crippen LogP contribution is -2.13. The number of nitrogen functional groups attached to an aromatic ring is 1. The highest BCUT2D eigenvalue weighted by molar-refractivity contribution is 7.13. The van der Waals surface area contributed by atoms with Crippen molar-refractivity contribution in [1.29, 1.82) is 0 Å². The number of hydrogen-bond acceptors (Lipinski definition) is 5. The molecular formula is C9H7ClN4OS. The Morgan fingerprint density at radius 2 is 2.31 bits per heavy atom. The van der Waals surface area contributed by atoms with Crippen molar-refractivity contribution < 1.29 is 4.79 Å². The van der Waals surface area contributed by atoms with Gasteiger partial charge in [-0.25, -0.2) is 9.97 Å². The number of carbonyl (C=O) groups excluding carboxylic acids is 1. The molecular weight excluding hydrogens is 248 g/mol. The van der Waals surface area contributed by atoms with E-state index in [4.69, 9.17) is 17.3 Å². The largest absolute Gasteiger partial charge is 0.397 e. The van der Waals surface area contributed by atoms with Crippen LogP contribution in [0.3, 0.4) is 0 Å². The van der Waals surface area contributed by atoms with Crippen LogP contribution in [0.4, 0.5) is 10.8 Å². The molecule has 0 spiro atoms. The molecule has 0 fully saturated rings. The van der Waals surface area contributed by atoms with Crippen molar-refractivity contribution in [2.24, 2.45) is 0 Å². The molecule has 2 heterocycles. The van der Waals surface area contributed by atoms with Gasteiger partial charge in [-0.2, -0.15) is 0 Å². The zero-order chi connectivity index (χ0) is 11.5. The van der Waals surface area contributed by atoms with E-state index in [0.29, 0.717) is 10.8 Å². The molecule has 2 aromatic heterocycles. The van der Waals surface area contributed by atoms with E-state index >= 15 is 0 Å². The third-order valence-corrected chi connectivity index (χ3v) is 2.75. The van der Waals surface area contributed by atoms with Gasteiger partial charge >= 0.3 is 0 Å². The Morgan fingerprint density at radius 1 is 1.50 bits per heavy atom. The van der Waals surface area contributed by atoms with Gasteiger partial charge in [0.2, 0.25) is 0 Å². The van der Waals surface area contributed by atoms with Gasteiger partial charge in [-0.05, 0) is 6.07 Å². The Kier molecular flexibility index (Phi) is 3.02. The predicted octanol–water partition coefficient (Wildman–Crippen LogP) is 2.03. The predicted molar refractivity (Wildman–Crippen MR) is 63.7 cm³/mol. The van der Waals surface area contributed by atoms with E-state index in [1.165, 1.54) is 23.6 Å². The number of amides is 1. The number of anilines is 2. The number of rotatable bonds is 2. The second-order valence-corrected chi connectivity index (χ2v) is 4.15. The number of nitrogens with one attached hydrogen (secondary N) is 1. The van der Waals surface area contributed by atoms with E-state index in [0.717, 1.165) is 0 Å². The van der Waals surface area contributed by atoms with E-state index in [1.54, 1.807) is 11.6 Å². The molecule has 3 N–H and O–H groups in total. The number of nitrogens with two attached hydrogens (primary N) is 1. The first kappa shape index (κ1) is 10.8. The van der Waals surface area contributed by atoms with Gasteiger partial charge in [-0.15, -0.1) is 11.3 Å². The third-order valence-electron chi connectivity index (χ3n) is 1.76. The summed E-state index contributed by atoms with van der Waals surface area (Å²) in [4.78, 5) is 19.5. The Balaban J connectivity index is 2.24. The Bertz CT molecular complexity index is 514. The summed E-state index contributed by atoms with van der Waals surface area (Å²) in [6.07, 6.45) is 2.99. The lowest BCUT2D eigenvalue weighted by atomic mass is 10.2. The number of pyridine rings is 1. The van der Waals surface area contributed by atoms with Crippen LogP contribution >= 0.6 is 22.9 Å². The van der Waals surface area contributed by atoms with Gasteiger partial charge in [0.15, 0.2) is 5.13 Å². The zero-order valence-corrected chi connectivity index (χ0v) is 9.55. The highest BCUT2D eigenvalue weighted by Gasteiger charge is 2.12. The zero-order valence-electron chi connectivity index (χ0n) is 7.98. The van der Waals surface area contributed by atoms with Crippen LogP contribution in [0, 0.1) is 0 Å². The maximum absolute atomic E-state index is 11.8. The van der Waals surface area contributed by atoms with E-state index in [2.05, 4.69) is 15.3 Å². The summed E-state index contributed by atoms with van der Waals surface area (Å²) in [5.41, 5.74) is 6.14. The molecule has 0 bridgehead atoms. The van der Waals surface area contributed by atoms with Gasteiger partial charge in [0.05, 0.1) is 17.4 Å². The van der Waals surface area contributed by atoms with E-state index in [1.807, 2.05) is 0 Å². The first-order valence-corrected chi connectivity index (χ1v) is 5.54. The molecule has 0 unspecified atom stereocenters. The summed E-state index contributed by atoms with van der Waals surface area (Å²) in [6, 6.07) is 1.47. The molecule has 7 heteroatoms. The van der Waals surface area contributed by atoms with Crippen molar-refractivity contribution in [2.75, 3.05) is 11.1 Å². The van der Waals surface area contributed by atoms with Crippen LogP contribution in [-0.4, -0.2) is 15.9 Å². The molecule has 0 atom stereocenters. The van der Waals surface area contributed by atoms with Gasteiger partial charge in [0.25, 0.3) is 5.91 Å². The van der Waals surface area contributed by atoms with Gasteiger partial charge in [-0.3, -0.25) is 10.1 Å². The highest BCUT2D eigenvalue weighted by atomic mass is 35.5. The van der Waals surface area contributed by atoms with Crippen molar-refractivity contribution in [3.8, 4) is 0 Å². The van der Waals surface area contributed by atoms with Gasteiger partial charge < -0.3 is 5.73 Å². The lowest BCUT2D eigenvalue weighted by molar-refractivity contribution is 0.102. The summed E-state index contributed by atoms with van der Waals surface area (Å²) in [7, 11) is 0. The second-order valence-electron chi connectivity index (χ2n) is 2.90. The molecule has 0 aliphatic rings. The maximum Gasteiger partial charge on any atom is 0.260 e. The van der Waals surface area contributed by atoms with Crippen LogP contribution in [0.1, 0.15) is 10.4 Å². The first-order chi connectivity index (χ1) is 7.66. The smallest absolute Gasteiger partial charge is 0.260 e. The normalized spacial score (nSPS) is 10.1. The molecule has 16 heavy (non-hydrogen) atoms.